The molecule has 0 saturated carbocycles. The standard InChI is InChI=1S/C21H23ClFNO5/c1-11(2)14-7-12-8-17(29-6-4-5-28-3)20(23)19(22)18(12)15-9-16(25)13(21(26)27)10-24(14)15/h8-11,14H,4-7H2,1-3H3,(H,26,27)/t14-/m0/s1. The number of aromatic carboxylic acids is 1. The fraction of sp³-hybridized carbons (Fsp3) is 0.429. The molecule has 1 aromatic carbocycles. The zero-order valence-corrected chi connectivity index (χ0v) is 17.3. The Labute approximate surface area is 172 Å². The molecule has 0 radical (unpaired) electrons. The highest BCUT2D eigenvalue weighted by Crippen LogP contribution is 2.44. The highest BCUT2D eigenvalue weighted by atomic mass is 35.5. The van der Waals surface area contributed by atoms with E-state index in [1.165, 1.54) is 12.3 Å². The molecule has 1 aromatic heterocycles. The van der Waals surface area contributed by atoms with Crippen LogP contribution in [0.25, 0.3) is 11.3 Å². The molecule has 0 fully saturated rings. The first-order chi connectivity index (χ1) is 13.8. The molecule has 0 aliphatic carbocycles. The van der Waals surface area contributed by atoms with E-state index in [9.17, 15) is 19.1 Å². The third-order valence-corrected chi connectivity index (χ3v) is 5.48. The summed E-state index contributed by atoms with van der Waals surface area (Å²) in [4.78, 5) is 23.7. The minimum atomic E-state index is -1.30. The fourth-order valence-electron chi connectivity index (χ4n) is 3.65. The number of rotatable bonds is 7. The van der Waals surface area contributed by atoms with Crippen molar-refractivity contribution in [3.63, 3.8) is 0 Å². The van der Waals surface area contributed by atoms with Gasteiger partial charge in [0.25, 0.3) is 0 Å². The van der Waals surface area contributed by atoms with Crippen LogP contribution < -0.4 is 10.2 Å². The molecule has 0 amide bonds. The highest BCUT2D eigenvalue weighted by Gasteiger charge is 2.31. The van der Waals surface area contributed by atoms with E-state index < -0.39 is 17.2 Å². The number of carboxylic acids is 1. The molecule has 1 atom stereocenters. The van der Waals surface area contributed by atoms with Gasteiger partial charge in [-0.3, -0.25) is 4.79 Å². The number of ether oxygens (including phenoxy) is 2. The van der Waals surface area contributed by atoms with Gasteiger partial charge in [-0.05, 0) is 24.0 Å². The third kappa shape index (κ3) is 4.02. The van der Waals surface area contributed by atoms with E-state index in [0.717, 1.165) is 5.56 Å². The van der Waals surface area contributed by atoms with Gasteiger partial charge in [0.15, 0.2) is 17.0 Å². The number of carboxylic acid groups (broad SMARTS) is 1. The minimum Gasteiger partial charge on any atom is -0.490 e. The van der Waals surface area contributed by atoms with Crippen LogP contribution in [0.1, 0.15) is 42.2 Å². The van der Waals surface area contributed by atoms with Gasteiger partial charge >= 0.3 is 5.97 Å². The summed E-state index contributed by atoms with van der Waals surface area (Å²) in [5, 5.41) is 9.18. The number of benzene rings is 1. The summed E-state index contributed by atoms with van der Waals surface area (Å²) in [5.74, 6) is -1.80. The van der Waals surface area contributed by atoms with Crippen LogP contribution in [0.3, 0.4) is 0 Å². The summed E-state index contributed by atoms with van der Waals surface area (Å²) in [7, 11) is 1.58. The molecule has 0 spiro atoms. The smallest absolute Gasteiger partial charge is 0.341 e. The molecular weight excluding hydrogens is 401 g/mol. The molecule has 156 valence electrons. The second-order valence-electron chi connectivity index (χ2n) is 7.40. The Balaban J connectivity index is 2.14. The van der Waals surface area contributed by atoms with Gasteiger partial charge in [0.2, 0.25) is 0 Å². The van der Waals surface area contributed by atoms with Gasteiger partial charge < -0.3 is 19.1 Å². The molecule has 1 N–H and O–H groups in total. The van der Waals surface area contributed by atoms with Crippen molar-refractivity contribution in [1.82, 2.24) is 4.57 Å². The maximum atomic E-state index is 14.9. The number of aromatic nitrogens is 1. The summed E-state index contributed by atoms with van der Waals surface area (Å²) in [6.07, 6.45) is 2.45. The third-order valence-electron chi connectivity index (χ3n) is 5.13. The summed E-state index contributed by atoms with van der Waals surface area (Å²) < 4.78 is 27.1. The first-order valence-corrected chi connectivity index (χ1v) is 9.76. The van der Waals surface area contributed by atoms with Crippen LogP contribution in [0.4, 0.5) is 4.39 Å². The summed E-state index contributed by atoms with van der Waals surface area (Å²) >= 11 is 6.35. The lowest BCUT2D eigenvalue weighted by Crippen LogP contribution is -2.28. The molecule has 8 heteroatoms. The van der Waals surface area contributed by atoms with Crippen LogP contribution in [0.2, 0.25) is 5.02 Å². The zero-order valence-electron chi connectivity index (χ0n) is 16.5. The summed E-state index contributed by atoms with van der Waals surface area (Å²) in [5.41, 5.74) is 0.612. The summed E-state index contributed by atoms with van der Waals surface area (Å²) in [6.45, 7) is 4.79. The Bertz CT molecular complexity index is 1000. The van der Waals surface area contributed by atoms with Crippen molar-refractivity contribution < 1.29 is 23.8 Å². The molecule has 0 saturated heterocycles. The van der Waals surface area contributed by atoms with Crippen LogP contribution >= 0.6 is 11.6 Å². The van der Waals surface area contributed by atoms with Crippen molar-refractivity contribution in [1.29, 1.82) is 0 Å². The lowest BCUT2D eigenvalue weighted by molar-refractivity contribution is 0.0694. The normalized spacial score (nSPS) is 15.2. The van der Waals surface area contributed by atoms with Crippen LogP contribution in [0, 0.1) is 11.7 Å². The van der Waals surface area contributed by atoms with Gasteiger partial charge in [0, 0.05) is 44.0 Å². The Kier molecular flexibility index (Phi) is 6.29. The van der Waals surface area contributed by atoms with Crippen molar-refractivity contribution in [3.05, 3.63) is 50.5 Å². The van der Waals surface area contributed by atoms with Crippen molar-refractivity contribution >= 4 is 17.6 Å². The molecule has 6 nitrogen and oxygen atoms in total. The fourth-order valence-corrected chi connectivity index (χ4v) is 3.96. The van der Waals surface area contributed by atoms with Crippen molar-refractivity contribution in [2.75, 3.05) is 20.3 Å². The minimum absolute atomic E-state index is 0.0605. The monoisotopic (exact) mass is 423 g/mol. The predicted molar refractivity (Wildman–Crippen MR) is 108 cm³/mol. The quantitative estimate of drug-likeness (QED) is 0.676. The number of carbonyl (C=O) groups is 1. The number of nitrogens with zero attached hydrogens (tertiary/aromatic N) is 1. The Morgan fingerprint density at radius 3 is 2.72 bits per heavy atom. The van der Waals surface area contributed by atoms with Gasteiger partial charge in [0.1, 0.15) is 5.56 Å². The van der Waals surface area contributed by atoms with E-state index in [1.807, 2.05) is 13.8 Å². The topological polar surface area (TPSA) is 77.8 Å². The molecule has 1 aliphatic rings. The molecular formula is C21H23ClFNO5. The molecule has 3 rings (SSSR count). The Hall–Kier alpha value is -2.38. The van der Waals surface area contributed by atoms with E-state index in [1.54, 1.807) is 17.7 Å². The largest absolute Gasteiger partial charge is 0.490 e. The van der Waals surface area contributed by atoms with Gasteiger partial charge in [-0.25, -0.2) is 9.18 Å². The van der Waals surface area contributed by atoms with E-state index in [-0.39, 0.29) is 34.9 Å². The van der Waals surface area contributed by atoms with E-state index in [0.29, 0.717) is 30.7 Å². The number of pyridine rings is 1. The van der Waals surface area contributed by atoms with Crippen LogP contribution in [-0.4, -0.2) is 36.0 Å². The van der Waals surface area contributed by atoms with Crippen molar-refractivity contribution in [3.8, 4) is 17.0 Å². The number of fused-ring (bicyclic) bond motifs is 3. The second kappa shape index (κ2) is 8.55. The molecule has 1 aliphatic heterocycles. The van der Waals surface area contributed by atoms with E-state index >= 15 is 0 Å². The van der Waals surface area contributed by atoms with Gasteiger partial charge in [-0.15, -0.1) is 0 Å². The van der Waals surface area contributed by atoms with Gasteiger partial charge in [-0.2, -0.15) is 0 Å². The maximum Gasteiger partial charge on any atom is 0.341 e. The lowest BCUT2D eigenvalue weighted by atomic mass is 9.87. The van der Waals surface area contributed by atoms with E-state index in [4.69, 9.17) is 21.1 Å². The average Bonchev–Trinajstić information content (AvgIpc) is 2.66. The van der Waals surface area contributed by atoms with Crippen LogP contribution in [-0.2, 0) is 11.2 Å². The molecule has 0 unspecified atom stereocenters. The second-order valence-corrected chi connectivity index (χ2v) is 7.77. The first kappa shape index (κ1) is 21.3. The molecule has 29 heavy (non-hydrogen) atoms. The summed E-state index contributed by atoms with van der Waals surface area (Å²) in [6, 6.07) is 2.73. The number of halogens is 2. The van der Waals surface area contributed by atoms with Crippen LogP contribution in [0.15, 0.2) is 23.1 Å². The number of hydrogen-bond donors (Lipinski definition) is 1. The van der Waals surface area contributed by atoms with Crippen molar-refractivity contribution in [2.45, 2.75) is 32.7 Å². The van der Waals surface area contributed by atoms with Gasteiger partial charge in [0.05, 0.1) is 17.3 Å². The molecule has 2 aromatic rings. The Morgan fingerprint density at radius 1 is 1.38 bits per heavy atom. The predicted octanol–water partition coefficient (Wildman–Crippen LogP) is 4.17. The number of methoxy groups -OCH3 is 1. The lowest BCUT2D eigenvalue weighted by Gasteiger charge is -2.34. The first-order valence-electron chi connectivity index (χ1n) is 9.38. The van der Waals surface area contributed by atoms with Crippen molar-refractivity contribution in [2.24, 2.45) is 5.92 Å². The average molecular weight is 424 g/mol. The zero-order chi connectivity index (χ0) is 21.3. The SMILES string of the molecule is COCCCOc1cc2c(c(Cl)c1F)-c1cc(=O)c(C(=O)O)cn1[C@H](C(C)C)C2. The van der Waals surface area contributed by atoms with Gasteiger partial charge in [-0.1, -0.05) is 25.4 Å². The number of hydrogen-bond acceptors (Lipinski definition) is 4. The van der Waals surface area contributed by atoms with Crippen LogP contribution in [0.5, 0.6) is 5.75 Å². The Morgan fingerprint density at radius 2 is 2.10 bits per heavy atom. The molecule has 0 bridgehead atoms. The van der Waals surface area contributed by atoms with E-state index in [2.05, 4.69) is 0 Å². The highest BCUT2D eigenvalue weighted by molar-refractivity contribution is 6.33. The molecule has 2 heterocycles. The maximum absolute atomic E-state index is 14.9.